The maximum Gasteiger partial charge on any atom is 0.543 e. The summed E-state index contributed by atoms with van der Waals surface area (Å²) >= 11 is 0. The molecule has 2 rings (SSSR count). The molecular weight excluding hydrogens is 588 g/mol. The van der Waals surface area contributed by atoms with E-state index in [2.05, 4.69) is 39.1 Å². The molecule has 0 heterocycles. The maximum absolute atomic E-state index is 12.1. The lowest BCUT2D eigenvalue weighted by Crippen LogP contribution is -2.15. The third kappa shape index (κ3) is 9.90. The van der Waals surface area contributed by atoms with Gasteiger partial charge in [0.2, 0.25) is 11.5 Å². The zero-order valence-corrected chi connectivity index (χ0v) is 23.8. The van der Waals surface area contributed by atoms with Crippen molar-refractivity contribution in [3.63, 3.8) is 0 Å². The molecule has 2 aromatic carbocycles. The summed E-state index contributed by atoms with van der Waals surface area (Å²) in [6.07, 6.45) is -2.77. The van der Waals surface area contributed by atoms with Gasteiger partial charge in [-0.05, 0) is 24.3 Å². The Bertz CT molecular complexity index is 1110. The van der Waals surface area contributed by atoms with Crippen molar-refractivity contribution in [2.24, 2.45) is 0 Å². The van der Waals surface area contributed by atoms with E-state index in [1.807, 2.05) is 0 Å². The lowest BCUT2D eigenvalue weighted by atomic mass is 10.2. The number of carbonyl (C=O) groups excluding carboxylic acids is 4. The quantitative estimate of drug-likeness (QED) is 0.115. The molecule has 236 valence electrons. The zero-order chi connectivity index (χ0) is 31.8. The molecule has 18 nitrogen and oxygen atoms in total. The summed E-state index contributed by atoms with van der Waals surface area (Å²) in [5, 5.41) is 8.25. The normalized spacial score (nSPS) is 10.0. The Morgan fingerprint density at radius 3 is 1.09 bits per heavy atom. The largest absolute Gasteiger partial charge is 0.543 e. The summed E-state index contributed by atoms with van der Waals surface area (Å²) in [6, 6.07) is 5.12. The van der Waals surface area contributed by atoms with Crippen LogP contribution in [0.5, 0.6) is 34.5 Å². The van der Waals surface area contributed by atoms with E-state index >= 15 is 0 Å². The Hall–Kier alpha value is -5.36. The molecule has 0 aromatic heterocycles. The second kappa shape index (κ2) is 17.5. The van der Waals surface area contributed by atoms with Crippen LogP contribution < -0.4 is 28.4 Å². The van der Waals surface area contributed by atoms with Gasteiger partial charge in [0.15, 0.2) is 23.0 Å². The smallest absolute Gasteiger partial charge is 0.493 e. The molecule has 0 atom stereocenters. The first-order valence-electron chi connectivity index (χ1n) is 11.8. The van der Waals surface area contributed by atoms with Gasteiger partial charge in [-0.25, -0.2) is 29.0 Å². The van der Waals surface area contributed by atoms with E-state index in [1.54, 1.807) is 0 Å². The number of methoxy groups -OCH3 is 6. The number of hydrogen-bond donors (Lipinski definition) is 0. The Labute approximate surface area is 243 Å². The molecule has 0 saturated carbocycles. The molecule has 0 aliphatic rings. The van der Waals surface area contributed by atoms with Crippen molar-refractivity contribution >= 4 is 24.2 Å². The van der Waals surface area contributed by atoms with Crippen LogP contribution in [0.15, 0.2) is 24.3 Å². The first-order chi connectivity index (χ1) is 20.7. The molecule has 18 heteroatoms. The van der Waals surface area contributed by atoms with Crippen LogP contribution in [-0.4, -0.2) is 80.1 Å². The van der Waals surface area contributed by atoms with E-state index in [0.717, 1.165) is 0 Å². The molecule has 0 fully saturated rings. The van der Waals surface area contributed by atoms with Gasteiger partial charge in [-0.3, -0.25) is 9.78 Å². The molecule has 43 heavy (non-hydrogen) atoms. The van der Waals surface area contributed by atoms with Gasteiger partial charge in [-0.1, -0.05) is 0 Å². The number of hydrogen-bond acceptors (Lipinski definition) is 18. The fourth-order valence-electron chi connectivity index (χ4n) is 3.06. The van der Waals surface area contributed by atoms with Crippen molar-refractivity contribution in [3.8, 4) is 34.5 Å². The average molecular weight is 616 g/mol. The Morgan fingerprint density at radius 1 is 0.488 bits per heavy atom. The molecule has 0 amide bonds. The van der Waals surface area contributed by atoms with Crippen LogP contribution in [0.2, 0.25) is 0 Å². The molecule has 0 N–H and O–H groups in total. The summed E-state index contributed by atoms with van der Waals surface area (Å²) in [6.45, 7) is -0.624. The SMILES string of the molecule is COc1cc(C(=O)OOOC(=O)OCCCOC(=O)OOOC(=O)c2cc(OC)c(OC)c(OC)c2)cc(OC)c1OC. The minimum absolute atomic E-state index is 0.0271. The molecule has 0 unspecified atom stereocenters. The van der Waals surface area contributed by atoms with Crippen LogP contribution in [-0.2, 0) is 39.1 Å². The maximum atomic E-state index is 12.1. The summed E-state index contributed by atoms with van der Waals surface area (Å²) in [7, 11) is 8.16. The lowest BCUT2D eigenvalue weighted by molar-refractivity contribution is -0.452. The number of ether oxygens (including phenoxy) is 8. The molecule has 0 radical (unpaired) electrons. The van der Waals surface area contributed by atoms with E-state index in [1.165, 1.54) is 66.9 Å². The van der Waals surface area contributed by atoms with E-state index in [9.17, 15) is 19.2 Å². The standard InChI is InChI=1S/C25H28O18/c1-30-16-10-14(11-17(31-2)20(16)34-5)22(26)38-42-40-24(28)36-8-7-9-37-25(29)41-43-39-23(27)15-12-18(32-3)21(35-6)19(13-15)33-4/h10-13H,7-9H2,1-6H3. The van der Waals surface area contributed by atoms with Crippen LogP contribution in [0.4, 0.5) is 9.59 Å². The Balaban J connectivity index is 1.64. The molecule has 0 bridgehead atoms. The third-order valence-corrected chi connectivity index (χ3v) is 4.95. The summed E-state index contributed by atoms with van der Waals surface area (Å²) < 4.78 is 40.0. The lowest BCUT2D eigenvalue weighted by Gasteiger charge is -2.13. The van der Waals surface area contributed by atoms with Gasteiger partial charge in [-0.15, -0.1) is 0 Å². The number of rotatable bonds is 16. The van der Waals surface area contributed by atoms with Gasteiger partial charge in [-0.2, -0.15) is 0 Å². The molecule has 0 aliphatic heterocycles. The van der Waals surface area contributed by atoms with Crippen LogP contribution >= 0.6 is 0 Å². The molecule has 2 aromatic rings. The molecule has 0 spiro atoms. The highest BCUT2D eigenvalue weighted by Gasteiger charge is 2.21. The number of carbonyl (C=O) groups is 4. The van der Waals surface area contributed by atoms with Gasteiger partial charge in [0, 0.05) is 6.42 Å². The van der Waals surface area contributed by atoms with Gasteiger partial charge >= 0.3 is 24.2 Å². The second-order valence-electron chi connectivity index (χ2n) is 7.42. The summed E-state index contributed by atoms with van der Waals surface area (Å²) in [5.41, 5.74) is -0.147. The van der Waals surface area contributed by atoms with E-state index in [0.29, 0.717) is 0 Å². The topological polar surface area (TPSA) is 197 Å². The van der Waals surface area contributed by atoms with Crippen molar-refractivity contribution in [1.29, 1.82) is 0 Å². The van der Waals surface area contributed by atoms with Crippen LogP contribution in [0.25, 0.3) is 0 Å². The van der Waals surface area contributed by atoms with Crippen molar-refractivity contribution in [1.82, 2.24) is 0 Å². The van der Waals surface area contributed by atoms with Crippen LogP contribution in [0, 0.1) is 0 Å². The molecule has 0 aliphatic carbocycles. The number of benzene rings is 2. The van der Waals surface area contributed by atoms with Crippen LogP contribution in [0.3, 0.4) is 0 Å². The highest BCUT2D eigenvalue weighted by molar-refractivity contribution is 5.91. The van der Waals surface area contributed by atoms with Crippen LogP contribution in [0.1, 0.15) is 27.1 Å². The highest BCUT2D eigenvalue weighted by atomic mass is 17.5. The van der Waals surface area contributed by atoms with Gasteiger partial charge in [0.05, 0.1) is 77.1 Å². The first-order valence-corrected chi connectivity index (χ1v) is 11.8. The van der Waals surface area contributed by atoms with E-state index in [4.69, 9.17) is 28.4 Å². The van der Waals surface area contributed by atoms with Gasteiger partial charge in [0.25, 0.3) is 0 Å². The minimum atomic E-state index is -1.37. The van der Waals surface area contributed by atoms with Crippen molar-refractivity contribution < 1.29 is 86.7 Å². The zero-order valence-electron chi connectivity index (χ0n) is 23.8. The minimum Gasteiger partial charge on any atom is -0.493 e. The third-order valence-electron chi connectivity index (χ3n) is 4.95. The van der Waals surface area contributed by atoms with Crippen molar-refractivity contribution in [2.45, 2.75) is 6.42 Å². The molecule has 0 saturated heterocycles. The van der Waals surface area contributed by atoms with Crippen molar-refractivity contribution in [3.05, 3.63) is 35.4 Å². The van der Waals surface area contributed by atoms with E-state index < -0.39 is 24.2 Å². The van der Waals surface area contributed by atoms with Gasteiger partial charge in [0.1, 0.15) is 0 Å². The summed E-state index contributed by atoms with van der Waals surface area (Å²) in [5.74, 6) is -0.963. The highest BCUT2D eigenvalue weighted by Crippen LogP contribution is 2.39. The Morgan fingerprint density at radius 2 is 0.814 bits per heavy atom. The predicted molar refractivity (Wildman–Crippen MR) is 135 cm³/mol. The average Bonchev–Trinajstić information content (AvgIpc) is 3.02. The monoisotopic (exact) mass is 616 g/mol. The van der Waals surface area contributed by atoms with Crippen molar-refractivity contribution in [2.75, 3.05) is 55.9 Å². The summed E-state index contributed by atoms with van der Waals surface area (Å²) in [4.78, 5) is 64.4. The second-order valence-corrected chi connectivity index (χ2v) is 7.42. The fraction of sp³-hybridized carbons (Fsp3) is 0.360. The van der Waals surface area contributed by atoms with E-state index in [-0.39, 0.29) is 65.3 Å². The van der Waals surface area contributed by atoms with Gasteiger partial charge < -0.3 is 37.9 Å². The Kier molecular flexibility index (Phi) is 13.7. The first kappa shape index (κ1) is 33.8. The molecular formula is C25H28O18. The predicted octanol–water partition coefficient (Wildman–Crippen LogP) is 3.14. The fourth-order valence-corrected chi connectivity index (χ4v) is 3.06.